The molecule has 0 radical (unpaired) electrons. The number of hydrogen-bond donors (Lipinski definition) is 1. The zero-order valence-electron chi connectivity index (χ0n) is 16.1. The van der Waals surface area contributed by atoms with Gasteiger partial charge in [0.05, 0.1) is 32.5 Å². The first kappa shape index (κ1) is 21.7. The molecule has 2 aliphatic rings. The first-order valence-electron chi connectivity index (χ1n) is 9.64. The molecule has 3 heterocycles. The van der Waals surface area contributed by atoms with Gasteiger partial charge in [-0.2, -0.15) is 4.31 Å². The van der Waals surface area contributed by atoms with E-state index < -0.39 is 16.1 Å². The third-order valence-corrected chi connectivity index (χ3v) is 8.26. The van der Waals surface area contributed by atoms with E-state index in [1.807, 2.05) is 0 Å². The quantitative estimate of drug-likeness (QED) is 0.667. The molecule has 28 heavy (non-hydrogen) atoms. The van der Waals surface area contributed by atoms with Crippen LogP contribution in [-0.2, 0) is 35.6 Å². The van der Waals surface area contributed by atoms with Gasteiger partial charge in [-0.05, 0) is 38.3 Å². The lowest BCUT2D eigenvalue weighted by molar-refractivity contribution is -0.135. The van der Waals surface area contributed by atoms with Gasteiger partial charge in [0, 0.05) is 24.6 Å². The Morgan fingerprint density at radius 1 is 1.32 bits per heavy atom. The molecule has 2 unspecified atom stereocenters. The van der Waals surface area contributed by atoms with Crippen molar-refractivity contribution in [1.82, 2.24) is 9.62 Å². The molecule has 2 atom stereocenters. The Hall–Kier alpha value is -1.04. The van der Waals surface area contributed by atoms with Gasteiger partial charge in [0.2, 0.25) is 5.91 Å². The summed E-state index contributed by atoms with van der Waals surface area (Å²) in [6.07, 6.45) is 2.65. The lowest BCUT2D eigenvalue weighted by atomic mass is 10.1. The third-order valence-electron chi connectivity index (χ3n) is 4.81. The van der Waals surface area contributed by atoms with Crippen molar-refractivity contribution in [2.24, 2.45) is 0 Å². The summed E-state index contributed by atoms with van der Waals surface area (Å²) >= 11 is 1.18. The van der Waals surface area contributed by atoms with E-state index in [4.69, 9.17) is 14.2 Å². The molecule has 1 amide bonds. The highest BCUT2D eigenvalue weighted by molar-refractivity contribution is 7.91. The van der Waals surface area contributed by atoms with Crippen molar-refractivity contribution in [3.8, 4) is 0 Å². The van der Waals surface area contributed by atoms with Gasteiger partial charge in [0.15, 0.2) is 0 Å². The summed E-state index contributed by atoms with van der Waals surface area (Å²) in [6.45, 7) is 4.71. The van der Waals surface area contributed by atoms with E-state index in [1.165, 1.54) is 15.6 Å². The van der Waals surface area contributed by atoms with E-state index in [9.17, 15) is 13.2 Å². The molecule has 158 valence electrons. The summed E-state index contributed by atoms with van der Waals surface area (Å²) in [5, 5.41) is 2.81. The Balaban J connectivity index is 1.46. The summed E-state index contributed by atoms with van der Waals surface area (Å²) in [5.74, 6) is -0.221. The Morgan fingerprint density at radius 3 is 2.82 bits per heavy atom. The van der Waals surface area contributed by atoms with E-state index in [0.29, 0.717) is 32.9 Å². The number of ether oxygens (including phenoxy) is 3. The molecule has 0 saturated carbocycles. The maximum absolute atomic E-state index is 12.6. The minimum absolute atomic E-state index is 0.0641. The number of carbonyl (C=O) groups is 1. The summed E-state index contributed by atoms with van der Waals surface area (Å²) < 4.78 is 43.4. The number of carbonyl (C=O) groups excluding carboxylic acids is 1. The zero-order valence-corrected chi connectivity index (χ0v) is 17.7. The molecule has 3 rings (SSSR count). The van der Waals surface area contributed by atoms with Crippen molar-refractivity contribution in [2.45, 2.75) is 49.1 Å². The number of sulfonamides is 1. The number of nitrogens with one attached hydrogen (secondary N) is 1. The number of hydrogen-bond acceptors (Lipinski definition) is 7. The lowest BCUT2D eigenvalue weighted by Gasteiger charge is -2.25. The van der Waals surface area contributed by atoms with Crippen LogP contribution in [0.5, 0.6) is 0 Å². The maximum atomic E-state index is 12.6. The van der Waals surface area contributed by atoms with Gasteiger partial charge in [-0.1, -0.05) is 0 Å². The number of nitrogens with zero attached hydrogens (tertiary/aromatic N) is 1. The predicted molar refractivity (Wildman–Crippen MR) is 105 cm³/mol. The van der Waals surface area contributed by atoms with Gasteiger partial charge in [-0.25, -0.2) is 8.42 Å². The molecular formula is C18H28N2O6S2. The van der Waals surface area contributed by atoms with Crippen molar-refractivity contribution in [3.63, 3.8) is 0 Å². The number of amides is 1. The molecule has 10 heteroatoms. The topological polar surface area (TPSA) is 94.2 Å². The first-order valence-corrected chi connectivity index (χ1v) is 11.9. The third kappa shape index (κ3) is 5.74. The van der Waals surface area contributed by atoms with E-state index in [2.05, 4.69) is 5.32 Å². The molecule has 1 aromatic heterocycles. The molecule has 0 spiro atoms. The van der Waals surface area contributed by atoms with Gasteiger partial charge in [0.1, 0.15) is 10.3 Å². The Bertz CT molecular complexity index is 739. The summed E-state index contributed by atoms with van der Waals surface area (Å²) in [7, 11) is -3.50. The highest BCUT2D eigenvalue weighted by Gasteiger charge is 2.28. The average molecular weight is 433 g/mol. The monoisotopic (exact) mass is 432 g/mol. The number of thiophene rings is 1. The van der Waals surface area contributed by atoms with Crippen LogP contribution in [0.3, 0.4) is 0 Å². The van der Waals surface area contributed by atoms with Gasteiger partial charge in [-0.3, -0.25) is 4.79 Å². The molecule has 0 bridgehead atoms. The molecule has 2 aliphatic heterocycles. The van der Waals surface area contributed by atoms with Crippen molar-refractivity contribution < 1.29 is 27.4 Å². The highest BCUT2D eigenvalue weighted by Crippen LogP contribution is 2.25. The Kier molecular flexibility index (Phi) is 7.84. The van der Waals surface area contributed by atoms with E-state index in [0.717, 1.165) is 30.7 Å². The molecule has 1 N–H and O–H groups in total. The van der Waals surface area contributed by atoms with Gasteiger partial charge in [-0.15, -0.1) is 11.3 Å². The number of morpholine rings is 1. The molecular weight excluding hydrogens is 404 g/mol. The van der Waals surface area contributed by atoms with Crippen LogP contribution >= 0.6 is 11.3 Å². The lowest BCUT2D eigenvalue weighted by Crippen LogP contribution is -2.40. The largest absolute Gasteiger partial charge is 0.379 e. The predicted octanol–water partition coefficient (Wildman–Crippen LogP) is 1.36. The second-order valence-electron chi connectivity index (χ2n) is 6.92. The number of rotatable bonds is 8. The smallest absolute Gasteiger partial charge is 0.252 e. The fourth-order valence-electron chi connectivity index (χ4n) is 3.09. The minimum atomic E-state index is -3.50. The van der Waals surface area contributed by atoms with Crippen LogP contribution in [-0.4, -0.2) is 70.4 Å². The van der Waals surface area contributed by atoms with Crippen molar-refractivity contribution >= 4 is 27.3 Å². The van der Waals surface area contributed by atoms with Crippen molar-refractivity contribution in [1.29, 1.82) is 0 Å². The van der Waals surface area contributed by atoms with E-state index in [-0.39, 0.29) is 22.8 Å². The van der Waals surface area contributed by atoms with E-state index >= 15 is 0 Å². The Labute approximate surface area is 170 Å². The molecule has 0 aromatic carbocycles. The second-order valence-corrected chi connectivity index (χ2v) is 10.3. The standard InChI is InChI=1S/C18H28N2O6S2/c1-14(26-13-15-4-2-3-9-25-15)18(21)19-12-16-5-6-17(27-16)28(22,23)20-7-10-24-11-8-20/h5-6,14-15H,2-4,7-13H2,1H3,(H,19,21). The fourth-order valence-corrected chi connectivity index (χ4v) is 5.95. The van der Waals surface area contributed by atoms with Crippen LogP contribution in [0, 0.1) is 0 Å². The molecule has 8 nitrogen and oxygen atoms in total. The second kappa shape index (κ2) is 10.1. The van der Waals surface area contributed by atoms with Crippen LogP contribution < -0.4 is 5.32 Å². The van der Waals surface area contributed by atoms with Crippen molar-refractivity contribution in [2.75, 3.05) is 39.5 Å². The first-order chi connectivity index (χ1) is 13.5. The van der Waals surface area contributed by atoms with Crippen LogP contribution in [0.2, 0.25) is 0 Å². The summed E-state index contributed by atoms with van der Waals surface area (Å²) in [5.41, 5.74) is 0. The van der Waals surface area contributed by atoms with Crippen LogP contribution in [0.25, 0.3) is 0 Å². The van der Waals surface area contributed by atoms with Crippen LogP contribution in [0.1, 0.15) is 31.1 Å². The normalized spacial score (nSPS) is 22.7. The maximum Gasteiger partial charge on any atom is 0.252 e. The SMILES string of the molecule is CC(OCC1CCCCO1)C(=O)NCc1ccc(S(=O)(=O)N2CCOCC2)s1. The van der Waals surface area contributed by atoms with Crippen molar-refractivity contribution in [3.05, 3.63) is 17.0 Å². The molecule has 2 fully saturated rings. The molecule has 0 aliphatic carbocycles. The Morgan fingerprint density at radius 2 is 2.11 bits per heavy atom. The van der Waals surface area contributed by atoms with Crippen LogP contribution in [0.15, 0.2) is 16.3 Å². The summed E-state index contributed by atoms with van der Waals surface area (Å²) in [6, 6.07) is 3.33. The average Bonchev–Trinajstić information content (AvgIpc) is 3.21. The van der Waals surface area contributed by atoms with Gasteiger partial charge < -0.3 is 19.5 Å². The minimum Gasteiger partial charge on any atom is -0.379 e. The summed E-state index contributed by atoms with van der Waals surface area (Å²) in [4.78, 5) is 13.0. The highest BCUT2D eigenvalue weighted by atomic mass is 32.2. The molecule has 2 saturated heterocycles. The molecule has 1 aromatic rings. The van der Waals surface area contributed by atoms with Gasteiger partial charge >= 0.3 is 0 Å². The van der Waals surface area contributed by atoms with Crippen LogP contribution in [0.4, 0.5) is 0 Å². The zero-order chi connectivity index (χ0) is 20.0. The van der Waals surface area contributed by atoms with E-state index in [1.54, 1.807) is 19.1 Å². The van der Waals surface area contributed by atoms with Gasteiger partial charge in [0.25, 0.3) is 10.0 Å². The fraction of sp³-hybridized carbons (Fsp3) is 0.722.